The van der Waals surface area contributed by atoms with E-state index in [1.54, 1.807) is 34.9 Å². The molecule has 1 heterocycles. The number of aromatic nitrogens is 1. The van der Waals surface area contributed by atoms with Crippen LogP contribution in [0.2, 0.25) is 0 Å². The number of nitrogens with one attached hydrogen (secondary N) is 1. The highest BCUT2D eigenvalue weighted by Gasteiger charge is 2.29. The predicted molar refractivity (Wildman–Crippen MR) is 105 cm³/mol. The van der Waals surface area contributed by atoms with E-state index in [4.69, 9.17) is 10.00 Å². The maximum atomic E-state index is 12.5. The molecule has 0 radical (unpaired) electrons. The second-order valence-electron chi connectivity index (χ2n) is 6.45. The van der Waals surface area contributed by atoms with E-state index in [9.17, 15) is 22.8 Å². The van der Waals surface area contributed by atoms with Crippen molar-refractivity contribution in [3.05, 3.63) is 59.8 Å². The number of rotatable bonds is 6. The number of carbonyl (C=O) groups excluding carboxylic acids is 2. The lowest BCUT2D eigenvalue weighted by Gasteiger charge is -2.12. The van der Waals surface area contributed by atoms with Gasteiger partial charge < -0.3 is 19.4 Å². The van der Waals surface area contributed by atoms with Gasteiger partial charge in [-0.3, -0.25) is 4.79 Å². The first kappa shape index (κ1) is 21.7. The second kappa shape index (κ2) is 8.79. The molecule has 0 saturated heterocycles. The summed E-state index contributed by atoms with van der Waals surface area (Å²) in [5.41, 5.74) is 1.02. The molecule has 0 spiro atoms. The third kappa shape index (κ3) is 5.14. The maximum absolute atomic E-state index is 12.5. The Morgan fingerprint density at radius 3 is 2.61 bits per heavy atom. The van der Waals surface area contributed by atoms with Gasteiger partial charge >= 0.3 is 12.1 Å². The molecule has 3 rings (SSSR count). The van der Waals surface area contributed by atoms with Crippen molar-refractivity contribution >= 4 is 28.5 Å². The molecule has 31 heavy (non-hydrogen) atoms. The van der Waals surface area contributed by atoms with Crippen molar-refractivity contribution in [2.24, 2.45) is 0 Å². The Kier molecular flexibility index (Phi) is 6.15. The third-order valence-electron chi connectivity index (χ3n) is 4.28. The summed E-state index contributed by atoms with van der Waals surface area (Å²) in [6.45, 7) is -1.68. The topological polar surface area (TPSA) is 93.3 Å². The van der Waals surface area contributed by atoms with E-state index in [1.165, 1.54) is 31.5 Å². The van der Waals surface area contributed by atoms with Crippen LogP contribution >= 0.6 is 0 Å². The van der Waals surface area contributed by atoms with Crippen molar-refractivity contribution in [3.63, 3.8) is 0 Å². The molecule has 0 atom stereocenters. The molecule has 1 aromatic heterocycles. The van der Waals surface area contributed by atoms with Crippen LogP contribution in [-0.2, 0) is 16.1 Å². The molecule has 1 amide bonds. The van der Waals surface area contributed by atoms with Gasteiger partial charge in [0.15, 0.2) is 6.61 Å². The van der Waals surface area contributed by atoms with Crippen molar-refractivity contribution in [2.45, 2.75) is 12.7 Å². The second-order valence-corrected chi connectivity index (χ2v) is 6.45. The SMILES string of the molecule is COC(=O)c1cn(CC(=O)Nc2ccc(OCC(F)(F)F)c(C#N)c2)c2ccccc12. The quantitative estimate of drug-likeness (QED) is 0.598. The van der Waals surface area contributed by atoms with Crippen molar-refractivity contribution in [3.8, 4) is 11.8 Å². The Labute approximate surface area is 174 Å². The van der Waals surface area contributed by atoms with E-state index >= 15 is 0 Å². The molecule has 2 aromatic carbocycles. The van der Waals surface area contributed by atoms with E-state index in [1.807, 2.05) is 0 Å². The summed E-state index contributed by atoms with van der Waals surface area (Å²) >= 11 is 0. The number of methoxy groups -OCH3 is 1. The van der Waals surface area contributed by atoms with E-state index in [2.05, 4.69) is 10.1 Å². The summed E-state index contributed by atoms with van der Waals surface area (Å²) in [5.74, 6) is -1.24. The summed E-state index contributed by atoms with van der Waals surface area (Å²) < 4.78 is 47.9. The number of benzene rings is 2. The molecule has 0 bridgehead atoms. The average Bonchev–Trinajstić information content (AvgIpc) is 3.10. The number of alkyl halides is 3. The fourth-order valence-electron chi connectivity index (χ4n) is 2.99. The summed E-state index contributed by atoms with van der Waals surface area (Å²) in [4.78, 5) is 24.5. The number of ether oxygens (including phenoxy) is 2. The number of esters is 1. The number of fused-ring (bicyclic) bond motifs is 1. The number of halogens is 3. The highest BCUT2D eigenvalue weighted by molar-refractivity contribution is 6.05. The van der Waals surface area contributed by atoms with Crippen LogP contribution in [0.4, 0.5) is 18.9 Å². The van der Waals surface area contributed by atoms with Crippen LogP contribution in [0.1, 0.15) is 15.9 Å². The molecule has 0 saturated carbocycles. The molecule has 10 heteroatoms. The van der Waals surface area contributed by atoms with Crippen LogP contribution in [0.3, 0.4) is 0 Å². The minimum atomic E-state index is -4.54. The molecule has 1 N–H and O–H groups in total. The van der Waals surface area contributed by atoms with Crippen LogP contribution in [0.25, 0.3) is 10.9 Å². The Balaban J connectivity index is 1.77. The lowest BCUT2D eigenvalue weighted by atomic mass is 10.2. The van der Waals surface area contributed by atoms with Gasteiger partial charge in [0.2, 0.25) is 5.91 Å². The Hall–Kier alpha value is -4.00. The summed E-state index contributed by atoms with van der Waals surface area (Å²) in [5, 5.41) is 12.4. The first-order chi connectivity index (χ1) is 14.7. The fraction of sp³-hybridized carbons (Fsp3) is 0.190. The summed E-state index contributed by atoms with van der Waals surface area (Å²) in [6, 6.07) is 12.5. The molecular formula is C21H16F3N3O4. The van der Waals surface area contributed by atoms with Gasteiger partial charge in [-0.05, 0) is 24.3 Å². The third-order valence-corrected chi connectivity index (χ3v) is 4.28. The van der Waals surface area contributed by atoms with Crippen molar-refractivity contribution in [1.82, 2.24) is 4.57 Å². The number of hydrogen-bond acceptors (Lipinski definition) is 5. The first-order valence-corrected chi connectivity index (χ1v) is 8.91. The van der Waals surface area contributed by atoms with E-state index < -0.39 is 24.7 Å². The van der Waals surface area contributed by atoms with E-state index in [0.717, 1.165) is 0 Å². The van der Waals surface area contributed by atoms with Gasteiger partial charge in [-0.1, -0.05) is 18.2 Å². The highest BCUT2D eigenvalue weighted by Crippen LogP contribution is 2.25. The number of anilines is 1. The van der Waals surface area contributed by atoms with Gasteiger partial charge in [0, 0.05) is 22.8 Å². The molecule has 7 nitrogen and oxygen atoms in total. The zero-order chi connectivity index (χ0) is 22.6. The van der Waals surface area contributed by atoms with Crippen molar-refractivity contribution in [2.75, 3.05) is 19.0 Å². The van der Waals surface area contributed by atoms with Crippen molar-refractivity contribution in [1.29, 1.82) is 5.26 Å². The molecular weight excluding hydrogens is 415 g/mol. The molecule has 0 aliphatic heterocycles. The number of nitriles is 1. The fourth-order valence-corrected chi connectivity index (χ4v) is 2.99. The smallest absolute Gasteiger partial charge is 0.422 e. The van der Waals surface area contributed by atoms with Crippen LogP contribution in [0.5, 0.6) is 5.75 Å². The maximum Gasteiger partial charge on any atom is 0.422 e. The summed E-state index contributed by atoms with van der Waals surface area (Å²) in [6.07, 6.45) is -3.03. The first-order valence-electron chi connectivity index (χ1n) is 8.91. The van der Waals surface area contributed by atoms with Gasteiger partial charge in [-0.25, -0.2) is 4.79 Å². The minimum Gasteiger partial charge on any atom is -0.483 e. The van der Waals surface area contributed by atoms with Gasteiger partial charge in [0.25, 0.3) is 0 Å². The Morgan fingerprint density at radius 1 is 1.19 bits per heavy atom. The largest absolute Gasteiger partial charge is 0.483 e. The predicted octanol–water partition coefficient (Wildman–Crippen LogP) is 3.88. The summed E-state index contributed by atoms with van der Waals surface area (Å²) in [7, 11) is 1.26. The van der Waals surface area contributed by atoms with Crippen LogP contribution in [0, 0.1) is 11.3 Å². The molecule has 0 aliphatic carbocycles. The number of carbonyl (C=O) groups is 2. The normalized spacial score (nSPS) is 11.1. The molecule has 3 aromatic rings. The zero-order valence-electron chi connectivity index (χ0n) is 16.2. The lowest BCUT2D eigenvalue weighted by molar-refractivity contribution is -0.153. The van der Waals surface area contributed by atoms with Gasteiger partial charge in [0.05, 0.1) is 18.2 Å². The number of para-hydroxylation sites is 1. The molecule has 0 aliphatic rings. The van der Waals surface area contributed by atoms with Gasteiger partial charge in [0.1, 0.15) is 18.4 Å². The van der Waals surface area contributed by atoms with Crippen LogP contribution in [-0.4, -0.2) is 36.3 Å². The standard InChI is InChI=1S/C21H16F3N3O4/c1-30-20(29)16-10-27(17-5-3-2-4-15(16)17)11-19(28)26-14-6-7-18(13(8-14)9-25)31-12-21(22,23)24/h2-8,10H,11-12H2,1H3,(H,26,28). The van der Waals surface area contributed by atoms with Gasteiger partial charge in [-0.2, -0.15) is 18.4 Å². The number of nitrogens with zero attached hydrogens (tertiary/aromatic N) is 2. The van der Waals surface area contributed by atoms with E-state index in [-0.39, 0.29) is 23.5 Å². The average molecular weight is 431 g/mol. The molecule has 0 unspecified atom stereocenters. The monoisotopic (exact) mass is 431 g/mol. The molecule has 160 valence electrons. The number of hydrogen-bond donors (Lipinski definition) is 1. The van der Waals surface area contributed by atoms with Crippen LogP contribution in [0.15, 0.2) is 48.7 Å². The Bertz CT molecular complexity index is 1180. The Morgan fingerprint density at radius 2 is 1.94 bits per heavy atom. The van der Waals surface area contributed by atoms with Gasteiger partial charge in [-0.15, -0.1) is 0 Å². The van der Waals surface area contributed by atoms with E-state index in [0.29, 0.717) is 16.5 Å². The van der Waals surface area contributed by atoms with Crippen molar-refractivity contribution < 1.29 is 32.2 Å². The highest BCUT2D eigenvalue weighted by atomic mass is 19.4. The zero-order valence-corrected chi connectivity index (χ0v) is 16.2. The lowest BCUT2D eigenvalue weighted by Crippen LogP contribution is -2.20. The molecule has 0 fully saturated rings. The van der Waals surface area contributed by atoms with Crippen LogP contribution < -0.4 is 10.1 Å². The number of amides is 1. The minimum absolute atomic E-state index is 0.147.